The maximum Gasteiger partial charge on any atom is 0.317 e. The van der Waals surface area contributed by atoms with Gasteiger partial charge in [-0.05, 0) is 66.0 Å². The molecule has 0 saturated heterocycles. The van der Waals surface area contributed by atoms with Crippen LogP contribution in [-0.4, -0.2) is 103 Å². The zero-order valence-electron chi connectivity index (χ0n) is 22.7. The first-order chi connectivity index (χ1) is 16.9. The Morgan fingerprint density at radius 3 is 2.53 bits per heavy atom. The van der Waals surface area contributed by atoms with E-state index in [0.29, 0.717) is 36.5 Å². The minimum atomic E-state index is -0.405. The zero-order valence-corrected chi connectivity index (χ0v) is 22.7. The quantitative estimate of drug-likeness (QED) is 0.449. The van der Waals surface area contributed by atoms with Gasteiger partial charge >= 0.3 is 6.03 Å². The van der Waals surface area contributed by atoms with Gasteiger partial charge in [0.1, 0.15) is 11.9 Å². The first-order valence-electron chi connectivity index (χ1n) is 12.6. The van der Waals surface area contributed by atoms with Crippen LogP contribution in [0.25, 0.3) is 0 Å². The van der Waals surface area contributed by atoms with Gasteiger partial charge in [-0.1, -0.05) is 6.92 Å². The summed E-state index contributed by atoms with van der Waals surface area (Å²) in [5.41, 5.74) is 0.823. The van der Waals surface area contributed by atoms with E-state index in [2.05, 4.69) is 10.6 Å². The van der Waals surface area contributed by atoms with Crippen molar-refractivity contribution in [2.45, 2.75) is 58.7 Å². The highest BCUT2D eigenvalue weighted by atomic mass is 16.5. The highest BCUT2D eigenvalue weighted by Gasteiger charge is 2.34. The molecule has 3 N–H and O–H groups in total. The molecule has 1 heterocycles. The highest BCUT2D eigenvalue weighted by molar-refractivity contribution is 5.99. The van der Waals surface area contributed by atoms with E-state index in [4.69, 9.17) is 4.74 Å². The SMILES string of the molecule is CC(C)NC(=O)N(C)C[C@H]1Oc2ccc(NC(=O)CCCN(C)C)cc2C(=O)N([C@@H](C)CO)C[C@H]1C. The molecular weight excluding hydrogens is 462 g/mol. The first-order valence-corrected chi connectivity index (χ1v) is 12.6. The molecule has 0 fully saturated rings. The average Bonchev–Trinajstić information content (AvgIpc) is 2.80. The number of hydrogen-bond donors (Lipinski definition) is 3. The molecule has 0 saturated carbocycles. The Balaban J connectivity index is 2.31. The van der Waals surface area contributed by atoms with E-state index in [9.17, 15) is 19.5 Å². The fraction of sp³-hybridized carbons (Fsp3) is 0.654. The van der Waals surface area contributed by atoms with Crippen LogP contribution in [0.5, 0.6) is 5.75 Å². The molecule has 2 rings (SSSR count). The van der Waals surface area contributed by atoms with E-state index in [0.717, 1.165) is 13.0 Å². The van der Waals surface area contributed by atoms with Crippen molar-refractivity contribution in [3.05, 3.63) is 23.8 Å². The molecular formula is C26H43N5O5. The Hall–Kier alpha value is -2.85. The summed E-state index contributed by atoms with van der Waals surface area (Å²) in [6.45, 7) is 8.85. The van der Waals surface area contributed by atoms with Crippen LogP contribution in [0.4, 0.5) is 10.5 Å². The molecule has 0 bridgehead atoms. The van der Waals surface area contributed by atoms with Crippen molar-refractivity contribution in [2.24, 2.45) is 5.92 Å². The van der Waals surface area contributed by atoms with Crippen LogP contribution in [0.2, 0.25) is 0 Å². The number of likely N-dealkylation sites (N-methyl/N-ethyl adjacent to an activating group) is 1. The van der Waals surface area contributed by atoms with E-state index in [1.807, 2.05) is 39.8 Å². The van der Waals surface area contributed by atoms with Crippen molar-refractivity contribution in [1.82, 2.24) is 20.0 Å². The van der Waals surface area contributed by atoms with Crippen LogP contribution in [0.3, 0.4) is 0 Å². The van der Waals surface area contributed by atoms with Crippen LogP contribution in [-0.2, 0) is 4.79 Å². The number of ether oxygens (including phenoxy) is 1. The molecule has 0 radical (unpaired) electrons. The highest BCUT2D eigenvalue weighted by Crippen LogP contribution is 2.30. The fourth-order valence-corrected chi connectivity index (χ4v) is 4.01. The number of amides is 4. The number of fused-ring (bicyclic) bond motifs is 1. The maximum absolute atomic E-state index is 13.5. The molecule has 1 aromatic rings. The molecule has 36 heavy (non-hydrogen) atoms. The Morgan fingerprint density at radius 2 is 1.92 bits per heavy atom. The standard InChI is InChI=1S/C26H43N5O5/c1-17(2)27-26(35)30(7)15-23-18(3)14-31(19(4)16-32)25(34)21-13-20(10-11-22(21)36-23)28-24(33)9-8-12-29(5)6/h10-11,13,17-19,23,32H,8-9,12,14-16H2,1-7H3,(H,27,35)(H,28,33)/t18-,19+,23-/m1/s1. The second kappa shape index (κ2) is 13.5. The van der Waals surface area contributed by atoms with E-state index >= 15 is 0 Å². The van der Waals surface area contributed by atoms with Crippen LogP contribution in [0.1, 0.15) is 50.9 Å². The molecule has 0 spiro atoms. The summed E-state index contributed by atoms with van der Waals surface area (Å²) in [6.07, 6.45) is 0.711. The summed E-state index contributed by atoms with van der Waals surface area (Å²) in [4.78, 5) is 43.6. The van der Waals surface area contributed by atoms with Crippen LogP contribution < -0.4 is 15.4 Å². The number of aliphatic hydroxyl groups excluding tert-OH is 1. The number of nitrogens with one attached hydrogen (secondary N) is 2. The van der Waals surface area contributed by atoms with Crippen LogP contribution >= 0.6 is 0 Å². The third-order valence-corrected chi connectivity index (χ3v) is 6.17. The number of carbonyl (C=O) groups excluding carboxylic acids is 3. The van der Waals surface area contributed by atoms with Gasteiger partial charge < -0.3 is 35.2 Å². The lowest BCUT2D eigenvalue weighted by molar-refractivity contribution is -0.116. The first kappa shape index (κ1) is 29.4. The lowest BCUT2D eigenvalue weighted by Crippen LogP contribution is -2.51. The monoisotopic (exact) mass is 505 g/mol. The summed E-state index contributed by atoms with van der Waals surface area (Å²) in [7, 11) is 5.63. The fourth-order valence-electron chi connectivity index (χ4n) is 4.01. The third kappa shape index (κ3) is 8.37. The maximum atomic E-state index is 13.5. The number of aliphatic hydroxyl groups is 1. The Morgan fingerprint density at radius 1 is 1.22 bits per heavy atom. The molecule has 0 aromatic heterocycles. The van der Waals surface area contributed by atoms with Gasteiger partial charge in [-0.15, -0.1) is 0 Å². The zero-order chi connectivity index (χ0) is 27.0. The average molecular weight is 506 g/mol. The minimum Gasteiger partial charge on any atom is -0.487 e. The predicted octanol–water partition coefficient (Wildman–Crippen LogP) is 2.24. The van der Waals surface area contributed by atoms with Gasteiger partial charge in [0.15, 0.2) is 0 Å². The lowest BCUT2D eigenvalue weighted by atomic mass is 9.99. The van der Waals surface area contributed by atoms with Gasteiger partial charge in [-0.25, -0.2) is 4.79 Å². The summed E-state index contributed by atoms with van der Waals surface area (Å²) in [5.74, 6) is -0.121. The van der Waals surface area contributed by atoms with Crippen LogP contribution in [0, 0.1) is 5.92 Å². The van der Waals surface area contributed by atoms with E-state index < -0.39 is 6.04 Å². The van der Waals surface area contributed by atoms with E-state index in [1.54, 1.807) is 42.0 Å². The molecule has 1 aliphatic rings. The molecule has 1 aliphatic heterocycles. The molecule has 3 atom stereocenters. The Labute approximate surface area is 214 Å². The molecule has 0 aliphatic carbocycles. The summed E-state index contributed by atoms with van der Waals surface area (Å²) in [6, 6.07) is 4.43. The second-order valence-corrected chi connectivity index (χ2v) is 10.3. The van der Waals surface area contributed by atoms with Gasteiger partial charge in [0.05, 0.1) is 24.8 Å². The summed E-state index contributed by atoms with van der Waals surface area (Å²) in [5, 5.41) is 15.6. The number of nitrogens with zero attached hydrogens (tertiary/aromatic N) is 3. The van der Waals surface area contributed by atoms with Gasteiger partial charge in [-0.3, -0.25) is 9.59 Å². The number of benzene rings is 1. The number of urea groups is 1. The van der Waals surface area contributed by atoms with E-state index in [-0.39, 0.29) is 42.5 Å². The molecule has 10 heteroatoms. The summed E-state index contributed by atoms with van der Waals surface area (Å²) < 4.78 is 6.31. The van der Waals surface area contributed by atoms with Crippen LogP contribution in [0.15, 0.2) is 18.2 Å². The van der Waals surface area contributed by atoms with Gasteiger partial charge in [0.2, 0.25) is 5.91 Å². The molecule has 10 nitrogen and oxygen atoms in total. The van der Waals surface area contributed by atoms with Crippen molar-refractivity contribution in [3.63, 3.8) is 0 Å². The Kier molecular flexibility index (Phi) is 11.0. The van der Waals surface area contributed by atoms with Crippen molar-refractivity contribution in [2.75, 3.05) is 52.7 Å². The van der Waals surface area contributed by atoms with Crippen molar-refractivity contribution in [1.29, 1.82) is 0 Å². The number of hydrogen-bond acceptors (Lipinski definition) is 6. The number of carbonyl (C=O) groups is 3. The largest absolute Gasteiger partial charge is 0.487 e. The van der Waals surface area contributed by atoms with Gasteiger partial charge in [0, 0.05) is 37.7 Å². The molecule has 0 unspecified atom stereocenters. The molecule has 4 amide bonds. The predicted molar refractivity (Wildman–Crippen MR) is 140 cm³/mol. The van der Waals surface area contributed by atoms with Crippen molar-refractivity contribution >= 4 is 23.5 Å². The third-order valence-electron chi connectivity index (χ3n) is 6.17. The second-order valence-electron chi connectivity index (χ2n) is 10.3. The summed E-state index contributed by atoms with van der Waals surface area (Å²) >= 11 is 0. The van der Waals surface area contributed by atoms with Gasteiger partial charge in [0.25, 0.3) is 5.91 Å². The topological polar surface area (TPSA) is 114 Å². The number of anilines is 1. The molecule has 202 valence electrons. The normalized spacial score (nSPS) is 18.7. The van der Waals surface area contributed by atoms with Crippen molar-refractivity contribution in [3.8, 4) is 5.75 Å². The Bertz CT molecular complexity index is 907. The lowest BCUT2D eigenvalue weighted by Gasteiger charge is -2.38. The number of rotatable bonds is 10. The smallest absolute Gasteiger partial charge is 0.317 e. The van der Waals surface area contributed by atoms with Crippen molar-refractivity contribution < 1.29 is 24.2 Å². The van der Waals surface area contributed by atoms with E-state index in [1.165, 1.54) is 0 Å². The minimum absolute atomic E-state index is 0.00591. The van der Waals surface area contributed by atoms with Gasteiger partial charge in [-0.2, -0.15) is 0 Å². The molecule has 1 aromatic carbocycles.